The normalized spacial score (nSPS) is 9.43. The summed E-state index contributed by atoms with van der Waals surface area (Å²) >= 11 is 3.10. The minimum atomic E-state index is -0.833. The number of benzene rings is 4. The number of para-hydroxylation sites is 2. The maximum atomic E-state index is 13.1. The summed E-state index contributed by atoms with van der Waals surface area (Å²) < 4.78 is 28.3. The van der Waals surface area contributed by atoms with Crippen molar-refractivity contribution in [2.45, 2.75) is 13.8 Å². The maximum absolute atomic E-state index is 13.1. The van der Waals surface area contributed by atoms with E-state index in [0.29, 0.717) is 11.1 Å². The summed E-state index contributed by atoms with van der Waals surface area (Å²) in [4.78, 5) is 26.9. The molecule has 42 heavy (non-hydrogen) atoms. The number of rotatable bonds is 2. The van der Waals surface area contributed by atoms with E-state index in [9.17, 15) is 8.78 Å². The number of halogens is 2. The monoisotopic (exact) mass is 788 g/mol. The van der Waals surface area contributed by atoms with E-state index in [4.69, 9.17) is 19.8 Å². The molecule has 0 bridgehead atoms. The first kappa shape index (κ1) is 36.8. The quantitative estimate of drug-likeness (QED) is 0.136. The van der Waals surface area contributed by atoms with Crippen molar-refractivity contribution in [3.8, 4) is 21.1 Å². The Labute approximate surface area is 276 Å². The van der Waals surface area contributed by atoms with Crippen LogP contribution in [-0.2, 0) is 50.4 Å². The molecule has 0 unspecified atom stereocenters. The molecular weight excluding hydrogens is 767 g/mol. The molecule has 6 aromatic rings. The van der Waals surface area contributed by atoms with Crippen molar-refractivity contribution in [2.75, 3.05) is 0 Å². The zero-order chi connectivity index (χ0) is 29.1. The summed E-state index contributed by atoms with van der Waals surface area (Å²) in [5, 5.41) is 16.4. The largest absolute Gasteiger partial charge is 0.481 e. The van der Waals surface area contributed by atoms with Crippen LogP contribution in [0.1, 0.15) is 13.8 Å². The predicted molar refractivity (Wildman–Crippen MR) is 154 cm³/mol. The van der Waals surface area contributed by atoms with E-state index in [1.165, 1.54) is 24.3 Å². The Morgan fingerprint density at radius 2 is 1.00 bits per heavy atom. The van der Waals surface area contributed by atoms with Crippen LogP contribution in [0.5, 0.6) is 0 Å². The molecule has 0 spiro atoms. The van der Waals surface area contributed by atoms with Gasteiger partial charge in [0.15, 0.2) is 0 Å². The summed E-state index contributed by atoms with van der Waals surface area (Å²) in [5.41, 5.74) is 3.31. The van der Waals surface area contributed by atoms with Gasteiger partial charge in [0.1, 0.15) is 0 Å². The van der Waals surface area contributed by atoms with Crippen molar-refractivity contribution in [2.24, 2.45) is 0 Å². The van der Waals surface area contributed by atoms with E-state index < -0.39 is 11.9 Å². The van der Waals surface area contributed by atoms with Gasteiger partial charge in [-0.2, -0.15) is 22.7 Å². The van der Waals surface area contributed by atoms with Crippen molar-refractivity contribution in [3.63, 3.8) is 0 Å². The van der Waals surface area contributed by atoms with Crippen LogP contribution in [0.15, 0.2) is 84.9 Å². The van der Waals surface area contributed by atoms with Gasteiger partial charge in [0.05, 0.1) is 11.0 Å². The molecule has 2 N–H and O–H groups in total. The number of thiazole rings is 2. The van der Waals surface area contributed by atoms with E-state index >= 15 is 0 Å². The molecule has 6 nitrogen and oxygen atoms in total. The first-order valence-electron chi connectivity index (χ1n) is 11.6. The number of hydrogen-bond acceptors (Lipinski definition) is 6. The van der Waals surface area contributed by atoms with Crippen LogP contribution in [0.4, 0.5) is 8.78 Å². The van der Waals surface area contributed by atoms with Crippen LogP contribution in [-0.4, -0.2) is 32.1 Å². The fourth-order valence-corrected chi connectivity index (χ4v) is 4.99. The number of aliphatic carboxylic acids is 2. The maximum Gasteiger partial charge on any atom is 0.300 e. The summed E-state index contributed by atoms with van der Waals surface area (Å²) in [6.45, 7) is 2.17. The molecule has 0 fully saturated rings. The molecule has 0 saturated carbocycles. The fourth-order valence-electron chi connectivity index (χ4n) is 3.10. The van der Waals surface area contributed by atoms with Crippen LogP contribution < -0.4 is 0 Å². The van der Waals surface area contributed by atoms with E-state index in [1.54, 1.807) is 34.8 Å². The Balaban J connectivity index is 0.000000324. The van der Waals surface area contributed by atoms with Crippen LogP contribution in [0.2, 0.25) is 0 Å². The van der Waals surface area contributed by atoms with Gasteiger partial charge < -0.3 is 10.2 Å². The Hall–Kier alpha value is -3.22. The number of carboxylic acids is 2. The Morgan fingerprint density at radius 3 is 1.31 bits per heavy atom. The van der Waals surface area contributed by atoms with E-state index in [2.05, 4.69) is 22.1 Å². The minimum Gasteiger partial charge on any atom is -0.481 e. The minimum absolute atomic E-state index is 0. The molecule has 2 heterocycles. The second kappa shape index (κ2) is 18.3. The number of carbonyl (C=O) groups is 2. The van der Waals surface area contributed by atoms with Gasteiger partial charge in [-0.3, -0.25) is 19.6 Å². The van der Waals surface area contributed by atoms with Crippen LogP contribution in [0, 0.1) is 23.8 Å². The zero-order valence-corrected chi connectivity index (χ0v) is 26.6. The third-order valence-electron chi connectivity index (χ3n) is 4.58. The molecule has 0 amide bonds. The summed E-state index contributed by atoms with van der Waals surface area (Å²) in [7, 11) is 0. The molecule has 6 rings (SSSR count). The molecule has 12 heteroatoms. The van der Waals surface area contributed by atoms with Crippen molar-refractivity contribution in [3.05, 3.63) is 109 Å². The van der Waals surface area contributed by atoms with Crippen LogP contribution in [0.25, 0.3) is 41.6 Å². The zero-order valence-electron chi connectivity index (χ0n) is 21.9. The molecule has 0 aliphatic heterocycles. The second-order valence-corrected chi connectivity index (χ2v) is 9.91. The van der Waals surface area contributed by atoms with Gasteiger partial charge in [0.25, 0.3) is 11.9 Å². The van der Waals surface area contributed by atoms with Gasteiger partial charge in [-0.1, -0.05) is 24.3 Å². The van der Waals surface area contributed by atoms with Gasteiger partial charge in [-0.25, -0.2) is 8.78 Å². The summed E-state index contributed by atoms with van der Waals surface area (Å²) in [6.07, 6.45) is 0. The Kier molecular flexibility index (Phi) is 16.1. The van der Waals surface area contributed by atoms with Gasteiger partial charge in [0, 0.05) is 85.7 Å². The number of hydrogen-bond donors (Lipinski definition) is 2. The average Bonchev–Trinajstić information content (AvgIpc) is 3.53. The Bertz CT molecular complexity index is 1540. The van der Waals surface area contributed by atoms with Gasteiger partial charge in [0.2, 0.25) is 0 Å². The van der Waals surface area contributed by atoms with Gasteiger partial charge in [-0.15, -0.1) is 59.7 Å². The first-order valence-corrected chi connectivity index (χ1v) is 13.2. The summed E-state index contributed by atoms with van der Waals surface area (Å²) in [5.74, 6) is -2.18. The van der Waals surface area contributed by atoms with Crippen LogP contribution in [0.3, 0.4) is 0 Å². The molecule has 4 aromatic carbocycles. The second-order valence-electron chi connectivity index (χ2n) is 7.85. The molecule has 0 atom stereocenters. The van der Waals surface area contributed by atoms with Gasteiger partial charge in [-0.05, 0) is 24.3 Å². The molecule has 224 valence electrons. The number of aromatic nitrogens is 2. The van der Waals surface area contributed by atoms with Crippen molar-refractivity contribution < 1.29 is 69.4 Å². The standard InChI is InChI=1S/2C13H7FNS.2C2H4O2.2Pd/c2*14-10-5-3-4-9(8-10)13-15-11-6-1-2-7-12(11)16-13;2*1-2(3)4;;/h2*1-3,5-8H;2*1H3,(H,3,4);;/q2*-1;;;;. The predicted octanol–water partition coefficient (Wildman–Crippen LogP) is 7.98. The summed E-state index contributed by atoms with van der Waals surface area (Å²) in [6, 6.07) is 30.6. The molecule has 0 aliphatic rings. The van der Waals surface area contributed by atoms with E-state index in [-0.39, 0.29) is 52.5 Å². The van der Waals surface area contributed by atoms with Crippen molar-refractivity contribution >= 4 is 55.0 Å². The number of carboxylic acid groups (broad SMARTS) is 2. The van der Waals surface area contributed by atoms with Crippen LogP contribution >= 0.6 is 22.7 Å². The average molecular weight is 789 g/mol. The topological polar surface area (TPSA) is 100 Å². The van der Waals surface area contributed by atoms with Crippen molar-refractivity contribution in [1.82, 2.24) is 9.97 Å². The fraction of sp³-hybridized carbons (Fsp3) is 0.0667. The van der Waals surface area contributed by atoms with Crippen molar-refractivity contribution in [1.29, 1.82) is 0 Å². The smallest absolute Gasteiger partial charge is 0.300 e. The molecule has 0 radical (unpaired) electrons. The molecule has 0 aliphatic carbocycles. The SMILES string of the molecule is CC(=O)O.CC(=O)O.Fc1cc[c-]c(-c2nc3ccccc3s2)c1.Fc1cc[c-]c(-c2nc3ccccc3s2)c1.[Pd].[Pd]. The van der Waals surface area contributed by atoms with E-state index in [1.807, 2.05) is 48.5 Å². The third-order valence-corrected chi connectivity index (χ3v) is 6.72. The van der Waals surface area contributed by atoms with E-state index in [0.717, 1.165) is 44.3 Å². The third kappa shape index (κ3) is 11.9. The number of nitrogens with zero attached hydrogens (tertiary/aromatic N) is 2. The van der Waals surface area contributed by atoms with Gasteiger partial charge >= 0.3 is 0 Å². The molecular formula is C30H22F2N2O4Pd2S2-2. The molecule has 0 saturated heterocycles. The first-order chi connectivity index (χ1) is 19.1. The molecule has 2 aromatic heterocycles. The Morgan fingerprint density at radius 1 is 0.667 bits per heavy atom. The number of fused-ring (bicyclic) bond motifs is 2.